The molecule has 0 aliphatic carbocycles. The van der Waals surface area contributed by atoms with Crippen molar-refractivity contribution in [3.05, 3.63) is 46.6 Å². The second-order valence-corrected chi connectivity index (χ2v) is 7.12. The Morgan fingerprint density at radius 1 is 1.23 bits per heavy atom. The highest BCUT2D eigenvalue weighted by molar-refractivity contribution is 7.99. The van der Waals surface area contributed by atoms with Crippen molar-refractivity contribution in [2.75, 3.05) is 18.8 Å². The van der Waals surface area contributed by atoms with E-state index < -0.39 is 0 Å². The number of benzene rings is 1. The molecule has 1 aromatic carbocycles. The van der Waals surface area contributed by atoms with Gasteiger partial charge in [-0.25, -0.2) is 4.98 Å². The summed E-state index contributed by atoms with van der Waals surface area (Å²) in [6.07, 6.45) is 0. The van der Waals surface area contributed by atoms with Gasteiger partial charge in [-0.3, -0.25) is 4.79 Å². The average Bonchev–Trinajstić information content (AvgIpc) is 2.61. The molecule has 0 saturated carbocycles. The Kier molecular flexibility index (Phi) is 7.81. The number of halogens is 1. The minimum Gasteiger partial charge on any atom is -0.413 e. The molecule has 1 heterocycles. The van der Waals surface area contributed by atoms with Gasteiger partial charge in [0.25, 0.3) is 5.17 Å². The highest BCUT2D eigenvalue weighted by Gasteiger charge is 2.13. The van der Waals surface area contributed by atoms with Gasteiger partial charge in [0.1, 0.15) is 0 Å². The third-order valence-electron chi connectivity index (χ3n) is 3.52. The normalized spacial score (nSPS) is 10.5. The van der Waals surface area contributed by atoms with Crippen molar-refractivity contribution in [3.63, 3.8) is 0 Å². The first kappa shape index (κ1) is 20.6. The van der Waals surface area contributed by atoms with Gasteiger partial charge in [0.2, 0.25) is 5.88 Å². The van der Waals surface area contributed by atoms with Crippen LogP contribution in [0.1, 0.15) is 29.9 Å². The third kappa shape index (κ3) is 5.93. The van der Waals surface area contributed by atoms with Crippen molar-refractivity contribution in [1.82, 2.24) is 14.9 Å². The summed E-state index contributed by atoms with van der Waals surface area (Å²) in [5, 5.41) is 1.45. The van der Waals surface area contributed by atoms with E-state index in [0.717, 1.165) is 18.8 Å². The van der Waals surface area contributed by atoms with Crippen LogP contribution in [-0.4, -0.2) is 44.7 Å². The van der Waals surface area contributed by atoms with E-state index in [9.17, 15) is 4.79 Å². The topological polar surface area (TPSA) is 55.3 Å². The van der Waals surface area contributed by atoms with Crippen molar-refractivity contribution < 1.29 is 9.53 Å². The summed E-state index contributed by atoms with van der Waals surface area (Å²) in [7, 11) is 0. The van der Waals surface area contributed by atoms with Crippen molar-refractivity contribution in [2.45, 2.75) is 25.9 Å². The number of aromatic nitrogens is 2. The maximum atomic E-state index is 12.3. The van der Waals surface area contributed by atoms with Gasteiger partial charge >= 0.3 is 0 Å². The van der Waals surface area contributed by atoms with Gasteiger partial charge < -0.3 is 9.64 Å². The number of thiocarbonyl (C=S) groups is 1. The van der Waals surface area contributed by atoms with E-state index in [1.165, 1.54) is 11.8 Å². The minimum absolute atomic E-state index is 0.0158. The largest absolute Gasteiger partial charge is 0.413 e. The lowest BCUT2D eigenvalue weighted by molar-refractivity contribution is 0.102. The van der Waals surface area contributed by atoms with Crippen molar-refractivity contribution in [1.29, 1.82) is 0 Å². The Balaban J connectivity index is 2.03. The summed E-state index contributed by atoms with van der Waals surface area (Å²) in [6.45, 7) is 7.38. The molecular weight excluding hydrogens is 390 g/mol. The SMILES string of the molecule is CCN(CC)C(=S)Oc1cc(C)nc(SCC(=O)c2ccc(Cl)cc2)n1. The molecule has 8 heteroatoms. The Labute approximate surface area is 168 Å². The molecule has 2 rings (SSSR count). The molecule has 0 atom stereocenters. The Bertz CT molecular complexity index is 781. The second-order valence-electron chi connectivity index (χ2n) is 5.39. The van der Waals surface area contributed by atoms with Gasteiger partial charge in [-0.15, -0.1) is 0 Å². The summed E-state index contributed by atoms with van der Waals surface area (Å²) in [5.74, 6) is 0.596. The molecule has 0 aliphatic heterocycles. The molecule has 0 fully saturated rings. The van der Waals surface area contributed by atoms with Crippen LogP contribution in [0.3, 0.4) is 0 Å². The van der Waals surface area contributed by atoms with Gasteiger partial charge in [-0.05, 0) is 57.3 Å². The first-order valence-electron chi connectivity index (χ1n) is 8.17. The number of ketones is 1. The van der Waals surface area contributed by atoms with Gasteiger partial charge in [0.05, 0.1) is 5.75 Å². The van der Waals surface area contributed by atoms with Crippen molar-refractivity contribution in [2.24, 2.45) is 0 Å². The van der Waals surface area contributed by atoms with Gasteiger partial charge in [0, 0.05) is 35.4 Å². The summed E-state index contributed by atoms with van der Waals surface area (Å²) in [6, 6.07) is 8.53. The zero-order valence-corrected chi connectivity index (χ0v) is 17.2. The maximum Gasteiger partial charge on any atom is 0.266 e. The van der Waals surface area contributed by atoms with E-state index in [-0.39, 0.29) is 11.5 Å². The number of nitrogens with zero attached hydrogens (tertiary/aromatic N) is 3. The summed E-state index contributed by atoms with van der Waals surface area (Å²) >= 11 is 12.4. The molecular formula is C18H20ClN3O2S2. The molecule has 0 saturated heterocycles. The van der Waals surface area contributed by atoms with Crippen LogP contribution in [0.2, 0.25) is 5.02 Å². The maximum absolute atomic E-state index is 12.3. The lowest BCUT2D eigenvalue weighted by atomic mass is 10.1. The van der Waals surface area contributed by atoms with E-state index >= 15 is 0 Å². The first-order chi connectivity index (χ1) is 12.4. The van der Waals surface area contributed by atoms with Crippen LogP contribution in [0.15, 0.2) is 35.5 Å². The fourth-order valence-corrected chi connectivity index (χ4v) is 3.37. The molecule has 26 heavy (non-hydrogen) atoms. The number of aryl methyl sites for hydroxylation is 1. The molecule has 0 bridgehead atoms. The Hall–Kier alpha value is -1.70. The number of rotatable bonds is 7. The van der Waals surface area contributed by atoms with E-state index in [0.29, 0.717) is 26.8 Å². The summed E-state index contributed by atoms with van der Waals surface area (Å²) in [5.41, 5.74) is 1.35. The molecule has 5 nitrogen and oxygen atoms in total. The molecule has 0 amide bonds. The molecule has 0 unspecified atom stereocenters. The predicted octanol–water partition coefficient (Wildman–Crippen LogP) is 4.42. The number of Topliss-reactive ketones (excluding diaryl/α,β-unsaturated/α-hetero) is 1. The first-order valence-corrected chi connectivity index (χ1v) is 9.94. The molecule has 0 aliphatic rings. The van der Waals surface area contributed by atoms with E-state index in [2.05, 4.69) is 9.97 Å². The van der Waals surface area contributed by atoms with Crippen LogP contribution < -0.4 is 4.74 Å². The predicted molar refractivity (Wildman–Crippen MR) is 109 cm³/mol. The number of carbonyl (C=O) groups excluding carboxylic acids is 1. The smallest absolute Gasteiger partial charge is 0.266 e. The number of hydrogen-bond donors (Lipinski definition) is 0. The molecule has 1 aromatic heterocycles. The standard InChI is InChI=1S/C18H20ClN3O2S2/c1-4-22(5-2)18(25)24-16-10-12(3)20-17(21-16)26-11-15(23)13-6-8-14(19)9-7-13/h6-10H,4-5,11H2,1-3H3. The number of ether oxygens (including phenoxy) is 1. The molecule has 138 valence electrons. The molecule has 2 aromatic rings. The summed E-state index contributed by atoms with van der Waals surface area (Å²) in [4.78, 5) is 22.9. The number of thioether (sulfide) groups is 1. The highest BCUT2D eigenvalue weighted by atomic mass is 35.5. The minimum atomic E-state index is -0.0158. The summed E-state index contributed by atoms with van der Waals surface area (Å²) < 4.78 is 5.68. The number of carbonyl (C=O) groups is 1. The highest BCUT2D eigenvalue weighted by Crippen LogP contribution is 2.20. The van der Waals surface area contributed by atoms with E-state index in [1.54, 1.807) is 30.3 Å². The lowest BCUT2D eigenvalue weighted by Crippen LogP contribution is -2.33. The van der Waals surface area contributed by atoms with Crippen LogP contribution in [0.25, 0.3) is 0 Å². The van der Waals surface area contributed by atoms with Gasteiger partial charge in [-0.2, -0.15) is 4.98 Å². The van der Waals surface area contributed by atoms with Gasteiger partial charge in [-0.1, -0.05) is 23.4 Å². The second kappa shape index (κ2) is 9.85. The lowest BCUT2D eigenvalue weighted by Gasteiger charge is -2.20. The number of hydrogen-bond acceptors (Lipinski definition) is 6. The molecule has 0 spiro atoms. The zero-order chi connectivity index (χ0) is 19.1. The van der Waals surface area contributed by atoms with E-state index in [4.69, 9.17) is 28.6 Å². The molecule has 0 N–H and O–H groups in total. The van der Waals surface area contributed by atoms with Crippen LogP contribution >= 0.6 is 35.6 Å². The quantitative estimate of drug-likeness (QED) is 0.290. The fraction of sp³-hybridized carbons (Fsp3) is 0.333. The van der Waals surface area contributed by atoms with Crippen LogP contribution in [0.4, 0.5) is 0 Å². The third-order valence-corrected chi connectivity index (χ3v) is 4.96. The Morgan fingerprint density at radius 2 is 1.88 bits per heavy atom. The monoisotopic (exact) mass is 409 g/mol. The fourth-order valence-electron chi connectivity index (χ4n) is 2.12. The molecule has 0 radical (unpaired) electrons. The zero-order valence-electron chi connectivity index (χ0n) is 14.9. The Morgan fingerprint density at radius 3 is 2.50 bits per heavy atom. The van der Waals surface area contributed by atoms with Crippen LogP contribution in [0.5, 0.6) is 5.88 Å². The van der Waals surface area contributed by atoms with E-state index in [1.807, 2.05) is 25.7 Å². The van der Waals surface area contributed by atoms with Crippen LogP contribution in [-0.2, 0) is 0 Å². The van der Waals surface area contributed by atoms with Gasteiger partial charge in [0.15, 0.2) is 10.9 Å². The van der Waals surface area contributed by atoms with Crippen LogP contribution in [0, 0.1) is 6.92 Å². The van der Waals surface area contributed by atoms with Crippen molar-refractivity contribution >= 4 is 46.5 Å². The van der Waals surface area contributed by atoms with Crippen molar-refractivity contribution in [3.8, 4) is 5.88 Å². The average molecular weight is 410 g/mol.